The lowest BCUT2D eigenvalue weighted by atomic mass is 10.0. The van der Waals surface area contributed by atoms with E-state index in [-0.39, 0.29) is 24.7 Å². The molecule has 26 heavy (non-hydrogen) atoms. The van der Waals surface area contributed by atoms with Gasteiger partial charge in [-0.2, -0.15) is 0 Å². The van der Waals surface area contributed by atoms with Gasteiger partial charge >= 0.3 is 0 Å². The fourth-order valence-electron chi connectivity index (χ4n) is 3.79. The Morgan fingerprint density at radius 2 is 2.15 bits per heavy atom. The highest BCUT2D eigenvalue weighted by molar-refractivity contribution is 5.94. The molecule has 7 nitrogen and oxygen atoms in total. The molecule has 2 aliphatic heterocycles. The Balaban J connectivity index is 1.38. The van der Waals surface area contributed by atoms with Crippen molar-refractivity contribution in [2.75, 3.05) is 19.7 Å². The summed E-state index contributed by atoms with van der Waals surface area (Å²) < 4.78 is 7.59. The van der Waals surface area contributed by atoms with Gasteiger partial charge in [0.25, 0.3) is 5.91 Å². The molecule has 0 aliphatic carbocycles. The number of hydrogen-bond acceptors (Lipinski definition) is 5. The zero-order valence-electron chi connectivity index (χ0n) is 15.0. The van der Waals surface area contributed by atoms with E-state index in [0.717, 1.165) is 41.8 Å². The second-order valence-corrected chi connectivity index (χ2v) is 7.14. The van der Waals surface area contributed by atoms with Gasteiger partial charge in [0, 0.05) is 44.3 Å². The average Bonchev–Trinajstić information content (AvgIpc) is 3.26. The molecule has 1 atom stereocenters. The first-order valence-electron chi connectivity index (χ1n) is 9.24. The molecule has 1 N–H and O–H groups in total. The second kappa shape index (κ2) is 7.07. The van der Waals surface area contributed by atoms with Crippen molar-refractivity contribution in [2.45, 2.75) is 44.8 Å². The summed E-state index contributed by atoms with van der Waals surface area (Å²) in [6.07, 6.45) is 5.20. The molecule has 0 unspecified atom stereocenters. The molecule has 1 aromatic carbocycles. The molecule has 4 rings (SSSR count). The number of aliphatic hydroxyl groups excluding tert-OH is 1. The lowest BCUT2D eigenvalue weighted by Crippen LogP contribution is -2.39. The predicted octanol–water partition coefficient (Wildman–Crippen LogP) is 1.61. The van der Waals surface area contributed by atoms with Gasteiger partial charge in [-0.3, -0.25) is 4.79 Å². The normalized spacial score (nSPS) is 20.1. The first-order valence-corrected chi connectivity index (χ1v) is 9.24. The minimum atomic E-state index is 0.0796. The number of benzene rings is 1. The van der Waals surface area contributed by atoms with Gasteiger partial charge in [-0.05, 0) is 43.5 Å². The molecule has 2 aromatic rings. The highest BCUT2D eigenvalue weighted by Gasteiger charge is 2.27. The topological polar surface area (TPSA) is 80.5 Å². The number of ether oxygens (including phenoxy) is 1. The monoisotopic (exact) mass is 356 g/mol. The lowest BCUT2D eigenvalue weighted by molar-refractivity contribution is 0.0689. The molecule has 7 heteroatoms. The summed E-state index contributed by atoms with van der Waals surface area (Å²) in [6.45, 7) is 3.55. The number of carbonyl (C=O) groups is 1. The van der Waals surface area contributed by atoms with Crippen LogP contribution >= 0.6 is 0 Å². The fourth-order valence-corrected chi connectivity index (χ4v) is 3.79. The van der Waals surface area contributed by atoms with Gasteiger partial charge in [-0.1, -0.05) is 5.21 Å². The van der Waals surface area contributed by atoms with Gasteiger partial charge in [-0.15, -0.1) is 5.10 Å². The highest BCUT2D eigenvalue weighted by Crippen LogP contribution is 2.30. The first-order chi connectivity index (χ1) is 12.6. The zero-order chi connectivity index (χ0) is 18.1. The SMILES string of the molecule is C[C@@H]1Cc2cc(C(=O)N3CCC(n4cc(CCO)nn4)CC3)ccc2O1. The van der Waals surface area contributed by atoms with Gasteiger partial charge in [0.15, 0.2) is 0 Å². The Bertz CT molecular complexity index is 796. The summed E-state index contributed by atoms with van der Waals surface area (Å²) in [5.74, 6) is 0.989. The molecule has 1 amide bonds. The van der Waals surface area contributed by atoms with Crippen molar-refractivity contribution in [3.63, 3.8) is 0 Å². The van der Waals surface area contributed by atoms with Crippen molar-refractivity contribution >= 4 is 5.91 Å². The number of amides is 1. The highest BCUT2D eigenvalue weighted by atomic mass is 16.5. The number of fused-ring (bicyclic) bond motifs is 1. The summed E-state index contributed by atoms with van der Waals surface area (Å²) >= 11 is 0. The van der Waals surface area contributed by atoms with E-state index in [1.807, 2.05) is 40.9 Å². The Labute approximate surface area is 152 Å². The largest absolute Gasteiger partial charge is 0.490 e. The van der Waals surface area contributed by atoms with E-state index >= 15 is 0 Å². The number of piperidine rings is 1. The van der Waals surface area contributed by atoms with Gasteiger partial charge in [0.1, 0.15) is 11.9 Å². The third kappa shape index (κ3) is 3.31. The van der Waals surface area contributed by atoms with Crippen LogP contribution in [0.25, 0.3) is 0 Å². The minimum absolute atomic E-state index is 0.0796. The van der Waals surface area contributed by atoms with E-state index in [1.165, 1.54) is 0 Å². The van der Waals surface area contributed by atoms with Crippen LogP contribution in [0.1, 0.15) is 47.4 Å². The lowest BCUT2D eigenvalue weighted by Gasteiger charge is -2.32. The van der Waals surface area contributed by atoms with Crippen molar-refractivity contribution in [1.29, 1.82) is 0 Å². The summed E-state index contributed by atoms with van der Waals surface area (Å²) in [7, 11) is 0. The summed E-state index contributed by atoms with van der Waals surface area (Å²) in [5.41, 5.74) is 2.67. The van der Waals surface area contributed by atoms with Crippen LogP contribution in [0.5, 0.6) is 5.75 Å². The molecule has 1 saturated heterocycles. The van der Waals surface area contributed by atoms with Crippen LogP contribution in [0.4, 0.5) is 0 Å². The van der Waals surface area contributed by atoms with E-state index in [2.05, 4.69) is 10.3 Å². The Morgan fingerprint density at radius 1 is 1.35 bits per heavy atom. The summed E-state index contributed by atoms with van der Waals surface area (Å²) in [6, 6.07) is 6.01. The first kappa shape index (κ1) is 17.0. The number of nitrogens with zero attached hydrogens (tertiary/aromatic N) is 4. The number of hydrogen-bond donors (Lipinski definition) is 1. The number of aliphatic hydroxyl groups is 1. The van der Waals surface area contributed by atoms with E-state index in [1.54, 1.807) is 0 Å². The summed E-state index contributed by atoms with van der Waals surface area (Å²) in [5, 5.41) is 17.2. The van der Waals surface area contributed by atoms with Crippen LogP contribution in [0.15, 0.2) is 24.4 Å². The van der Waals surface area contributed by atoms with Crippen molar-refractivity contribution < 1.29 is 14.6 Å². The van der Waals surface area contributed by atoms with Crippen LogP contribution in [0, 0.1) is 0 Å². The number of aromatic nitrogens is 3. The number of likely N-dealkylation sites (tertiary alicyclic amines) is 1. The second-order valence-electron chi connectivity index (χ2n) is 7.14. The zero-order valence-corrected chi connectivity index (χ0v) is 15.0. The molecular formula is C19H24N4O3. The average molecular weight is 356 g/mol. The van der Waals surface area contributed by atoms with E-state index in [9.17, 15) is 4.79 Å². The molecular weight excluding hydrogens is 332 g/mol. The Hall–Kier alpha value is -2.41. The van der Waals surface area contributed by atoms with Crippen molar-refractivity contribution in [2.24, 2.45) is 0 Å². The maximum atomic E-state index is 12.8. The van der Waals surface area contributed by atoms with E-state index < -0.39 is 0 Å². The van der Waals surface area contributed by atoms with Crippen LogP contribution in [-0.2, 0) is 12.8 Å². The maximum Gasteiger partial charge on any atom is 0.253 e. The smallest absolute Gasteiger partial charge is 0.253 e. The molecule has 3 heterocycles. The third-order valence-electron chi connectivity index (χ3n) is 5.19. The molecule has 0 spiro atoms. The molecule has 1 aromatic heterocycles. The van der Waals surface area contributed by atoms with Crippen molar-refractivity contribution in [1.82, 2.24) is 19.9 Å². The van der Waals surface area contributed by atoms with Crippen molar-refractivity contribution in [3.8, 4) is 5.75 Å². The Kier molecular flexibility index (Phi) is 4.63. The predicted molar refractivity (Wildman–Crippen MR) is 95.2 cm³/mol. The number of rotatable bonds is 4. The number of carbonyl (C=O) groups excluding carboxylic acids is 1. The van der Waals surface area contributed by atoms with Gasteiger partial charge in [-0.25, -0.2) is 4.68 Å². The molecule has 0 bridgehead atoms. The molecule has 1 fully saturated rings. The van der Waals surface area contributed by atoms with Crippen LogP contribution in [0.2, 0.25) is 0 Å². The van der Waals surface area contributed by atoms with Gasteiger partial charge in [0.05, 0.1) is 11.7 Å². The molecule has 138 valence electrons. The molecule has 0 saturated carbocycles. The maximum absolute atomic E-state index is 12.8. The standard InChI is InChI=1S/C19H24N4O3/c1-13-10-15-11-14(2-3-18(15)26-13)19(25)22-7-4-17(5-8-22)23-12-16(6-9-24)20-21-23/h2-3,11-13,17,24H,4-10H2,1H3/t13-/m1/s1. The van der Waals surface area contributed by atoms with E-state index in [0.29, 0.717) is 19.5 Å². The van der Waals surface area contributed by atoms with Crippen LogP contribution in [-0.4, -0.2) is 56.7 Å². The van der Waals surface area contributed by atoms with Crippen LogP contribution < -0.4 is 4.74 Å². The van der Waals surface area contributed by atoms with Crippen molar-refractivity contribution in [3.05, 3.63) is 41.2 Å². The van der Waals surface area contributed by atoms with Gasteiger partial charge in [0.2, 0.25) is 0 Å². The van der Waals surface area contributed by atoms with Gasteiger partial charge < -0.3 is 14.7 Å². The Morgan fingerprint density at radius 3 is 2.92 bits per heavy atom. The van der Waals surface area contributed by atoms with Crippen LogP contribution in [0.3, 0.4) is 0 Å². The fraction of sp³-hybridized carbons (Fsp3) is 0.526. The third-order valence-corrected chi connectivity index (χ3v) is 5.19. The summed E-state index contributed by atoms with van der Waals surface area (Å²) in [4.78, 5) is 14.8. The quantitative estimate of drug-likeness (QED) is 0.900. The molecule has 0 radical (unpaired) electrons. The van der Waals surface area contributed by atoms with E-state index in [4.69, 9.17) is 9.84 Å². The minimum Gasteiger partial charge on any atom is -0.490 e. The molecule has 2 aliphatic rings.